The average Bonchev–Trinajstić information content (AvgIpc) is 2.65. The summed E-state index contributed by atoms with van der Waals surface area (Å²) in [4.78, 5) is 12.2. The number of benzene rings is 2. The van der Waals surface area contributed by atoms with Crippen LogP contribution in [-0.2, 0) is 4.79 Å². The van der Waals surface area contributed by atoms with E-state index >= 15 is 0 Å². The van der Waals surface area contributed by atoms with Crippen LogP contribution in [0.15, 0.2) is 42.5 Å². The highest BCUT2D eigenvalue weighted by Gasteiger charge is 2.11. The number of hydrogen-bond acceptors (Lipinski definition) is 5. The zero-order valence-corrected chi connectivity index (χ0v) is 14.7. The molecule has 6 heteroatoms. The molecule has 0 aliphatic heterocycles. The zero-order valence-electron chi connectivity index (χ0n) is 14.7. The second kappa shape index (κ2) is 9.42. The maximum atomic E-state index is 12.2. The van der Waals surface area contributed by atoms with Crippen LogP contribution in [0.4, 0.5) is 5.69 Å². The molecule has 2 aromatic rings. The molecule has 0 atom stereocenters. The van der Waals surface area contributed by atoms with E-state index < -0.39 is 0 Å². The maximum absolute atomic E-state index is 12.2. The summed E-state index contributed by atoms with van der Waals surface area (Å²) in [6.45, 7) is 2.48. The van der Waals surface area contributed by atoms with Gasteiger partial charge in [-0.05, 0) is 30.7 Å². The number of methoxy groups -OCH3 is 2. The number of rotatable bonds is 9. The molecule has 0 unspecified atom stereocenters. The highest BCUT2D eigenvalue weighted by molar-refractivity contribution is 5.93. The van der Waals surface area contributed by atoms with Gasteiger partial charge in [0.2, 0.25) is 0 Å². The molecule has 0 radical (unpaired) electrons. The summed E-state index contributed by atoms with van der Waals surface area (Å²) in [5.41, 5.74) is 0.549. The van der Waals surface area contributed by atoms with Gasteiger partial charge >= 0.3 is 0 Å². The molecule has 2 rings (SSSR count). The van der Waals surface area contributed by atoms with Gasteiger partial charge in [-0.15, -0.1) is 0 Å². The van der Waals surface area contributed by atoms with Gasteiger partial charge in [-0.25, -0.2) is 0 Å². The van der Waals surface area contributed by atoms with Gasteiger partial charge in [0, 0.05) is 6.07 Å². The molecule has 2 aromatic carbocycles. The lowest BCUT2D eigenvalue weighted by Crippen LogP contribution is -2.20. The summed E-state index contributed by atoms with van der Waals surface area (Å²) in [5, 5.41) is 2.76. The maximum Gasteiger partial charge on any atom is 0.262 e. The van der Waals surface area contributed by atoms with E-state index in [0.717, 1.165) is 6.42 Å². The topological polar surface area (TPSA) is 66.0 Å². The Bertz CT molecular complexity index is 702. The summed E-state index contributed by atoms with van der Waals surface area (Å²) in [7, 11) is 3.10. The van der Waals surface area contributed by atoms with E-state index in [2.05, 4.69) is 5.32 Å². The van der Waals surface area contributed by atoms with Crippen LogP contribution < -0.4 is 24.3 Å². The highest BCUT2D eigenvalue weighted by Crippen LogP contribution is 2.29. The molecule has 0 aromatic heterocycles. The van der Waals surface area contributed by atoms with Gasteiger partial charge in [-0.3, -0.25) is 4.79 Å². The van der Waals surface area contributed by atoms with Crippen LogP contribution in [0.3, 0.4) is 0 Å². The Morgan fingerprint density at radius 2 is 1.68 bits per heavy atom. The van der Waals surface area contributed by atoms with E-state index in [0.29, 0.717) is 35.3 Å². The van der Waals surface area contributed by atoms with Crippen LogP contribution in [0.25, 0.3) is 0 Å². The molecule has 0 spiro atoms. The van der Waals surface area contributed by atoms with Crippen LogP contribution >= 0.6 is 0 Å². The smallest absolute Gasteiger partial charge is 0.262 e. The monoisotopic (exact) mass is 345 g/mol. The van der Waals surface area contributed by atoms with Crippen LogP contribution in [0, 0.1) is 0 Å². The predicted molar refractivity (Wildman–Crippen MR) is 95.9 cm³/mol. The molecule has 1 amide bonds. The Balaban J connectivity index is 1.97. The van der Waals surface area contributed by atoms with Crippen LogP contribution in [0.1, 0.15) is 13.3 Å². The lowest BCUT2D eigenvalue weighted by Gasteiger charge is -2.14. The zero-order chi connectivity index (χ0) is 18.1. The van der Waals surface area contributed by atoms with E-state index in [4.69, 9.17) is 18.9 Å². The number of carbonyl (C=O) groups excluding carboxylic acids is 1. The quantitative estimate of drug-likeness (QED) is 0.753. The molecule has 0 heterocycles. The van der Waals surface area contributed by atoms with Crippen molar-refractivity contribution in [1.82, 2.24) is 0 Å². The van der Waals surface area contributed by atoms with Crippen molar-refractivity contribution in [2.75, 3.05) is 32.8 Å². The van der Waals surface area contributed by atoms with Gasteiger partial charge in [0.1, 0.15) is 11.5 Å². The molecular formula is C19H23NO5. The van der Waals surface area contributed by atoms with E-state index in [-0.39, 0.29) is 12.5 Å². The molecule has 0 saturated heterocycles. The van der Waals surface area contributed by atoms with Gasteiger partial charge in [0.25, 0.3) is 5.91 Å². The van der Waals surface area contributed by atoms with Gasteiger partial charge in [-0.1, -0.05) is 19.1 Å². The summed E-state index contributed by atoms with van der Waals surface area (Å²) in [6.07, 6.45) is 0.895. The highest BCUT2D eigenvalue weighted by atomic mass is 16.5. The van der Waals surface area contributed by atoms with Gasteiger partial charge in [0.05, 0.1) is 26.5 Å². The first-order chi connectivity index (χ1) is 12.2. The summed E-state index contributed by atoms with van der Waals surface area (Å²) in [6, 6.07) is 12.4. The number of carbonyl (C=O) groups is 1. The van der Waals surface area contributed by atoms with Gasteiger partial charge in [-0.2, -0.15) is 0 Å². The minimum Gasteiger partial charge on any atom is -0.497 e. The normalized spacial score (nSPS) is 10.0. The van der Waals surface area contributed by atoms with E-state index in [1.165, 1.54) is 7.11 Å². The SMILES string of the molecule is CCCOc1ccccc1OCC(=O)Nc1ccc(OC)cc1OC. The molecule has 0 saturated carbocycles. The molecular weight excluding hydrogens is 322 g/mol. The second-order valence-electron chi connectivity index (χ2n) is 5.20. The number of amides is 1. The molecule has 0 aliphatic carbocycles. The first kappa shape index (κ1) is 18.4. The van der Waals surface area contributed by atoms with E-state index in [1.807, 2.05) is 25.1 Å². The molecule has 25 heavy (non-hydrogen) atoms. The number of nitrogens with one attached hydrogen (secondary N) is 1. The summed E-state index contributed by atoms with van der Waals surface area (Å²) in [5.74, 6) is 2.02. The molecule has 0 aliphatic rings. The Hall–Kier alpha value is -2.89. The first-order valence-electron chi connectivity index (χ1n) is 8.04. The van der Waals surface area contributed by atoms with Crippen LogP contribution in [0.5, 0.6) is 23.0 Å². The Labute approximate surface area is 147 Å². The molecule has 6 nitrogen and oxygen atoms in total. The molecule has 134 valence electrons. The molecule has 0 fully saturated rings. The minimum atomic E-state index is -0.297. The van der Waals surface area contributed by atoms with Crippen molar-refractivity contribution in [2.24, 2.45) is 0 Å². The van der Waals surface area contributed by atoms with Crippen molar-refractivity contribution in [3.8, 4) is 23.0 Å². The van der Waals surface area contributed by atoms with Crippen molar-refractivity contribution in [1.29, 1.82) is 0 Å². The van der Waals surface area contributed by atoms with E-state index in [1.54, 1.807) is 31.4 Å². The Morgan fingerprint density at radius 1 is 0.960 bits per heavy atom. The lowest BCUT2D eigenvalue weighted by molar-refractivity contribution is -0.118. The van der Waals surface area contributed by atoms with Crippen molar-refractivity contribution < 1.29 is 23.7 Å². The van der Waals surface area contributed by atoms with Crippen LogP contribution in [-0.4, -0.2) is 33.3 Å². The Morgan fingerprint density at radius 3 is 2.32 bits per heavy atom. The van der Waals surface area contributed by atoms with Crippen molar-refractivity contribution in [2.45, 2.75) is 13.3 Å². The third kappa shape index (κ3) is 5.31. The fourth-order valence-electron chi connectivity index (χ4n) is 2.13. The largest absolute Gasteiger partial charge is 0.497 e. The van der Waals surface area contributed by atoms with Gasteiger partial charge < -0.3 is 24.3 Å². The number of anilines is 1. The second-order valence-corrected chi connectivity index (χ2v) is 5.20. The Kier molecular flexibility index (Phi) is 6.95. The number of ether oxygens (including phenoxy) is 4. The number of para-hydroxylation sites is 2. The first-order valence-corrected chi connectivity index (χ1v) is 8.04. The minimum absolute atomic E-state index is 0.137. The standard InChI is InChI=1S/C19H23NO5/c1-4-11-24-16-7-5-6-8-17(16)25-13-19(21)20-15-10-9-14(22-2)12-18(15)23-3/h5-10,12H,4,11,13H2,1-3H3,(H,20,21). The number of hydrogen-bond donors (Lipinski definition) is 1. The summed E-state index contributed by atoms with van der Waals surface area (Å²) < 4.78 is 21.6. The average molecular weight is 345 g/mol. The summed E-state index contributed by atoms with van der Waals surface area (Å²) >= 11 is 0. The van der Waals surface area contributed by atoms with Crippen molar-refractivity contribution in [3.05, 3.63) is 42.5 Å². The van der Waals surface area contributed by atoms with Crippen molar-refractivity contribution in [3.63, 3.8) is 0 Å². The fraction of sp³-hybridized carbons (Fsp3) is 0.316. The van der Waals surface area contributed by atoms with Crippen molar-refractivity contribution >= 4 is 11.6 Å². The van der Waals surface area contributed by atoms with Crippen LogP contribution in [0.2, 0.25) is 0 Å². The van der Waals surface area contributed by atoms with Gasteiger partial charge in [0.15, 0.2) is 18.1 Å². The third-order valence-electron chi connectivity index (χ3n) is 3.35. The molecule has 0 bridgehead atoms. The predicted octanol–water partition coefficient (Wildman–Crippen LogP) is 3.51. The fourth-order valence-corrected chi connectivity index (χ4v) is 2.13. The van der Waals surface area contributed by atoms with E-state index in [9.17, 15) is 4.79 Å². The lowest BCUT2D eigenvalue weighted by atomic mass is 10.2. The molecule has 1 N–H and O–H groups in total. The third-order valence-corrected chi connectivity index (χ3v) is 3.35.